The van der Waals surface area contributed by atoms with Crippen LogP contribution in [0.4, 0.5) is 0 Å². The Kier molecular flexibility index (Phi) is 2.07. The molecule has 0 unspecified atom stereocenters. The van der Waals surface area contributed by atoms with Crippen molar-refractivity contribution in [2.45, 2.75) is 0 Å². The molecule has 0 aromatic carbocycles. The van der Waals surface area contributed by atoms with Gasteiger partial charge in [-0.05, 0) is 12.2 Å². The summed E-state index contributed by atoms with van der Waals surface area (Å²) in [7, 11) is 0. The topological polar surface area (TPSA) is 109 Å². The Hall–Kier alpha value is -1.47. The maximum atomic E-state index is 11.0. The van der Waals surface area contributed by atoms with Gasteiger partial charge in [0.2, 0.25) is 0 Å². The first-order valence-corrected chi connectivity index (χ1v) is 3.34. The smallest absolute Gasteiger partial charge is 0.277 e. The molecule has 0 bridgehead atoms. The number of rotatable bonds is 0. The fourth-order valence-corrected chi connectivity index (χ4v) is 1.06. The number of aromatic amines is 3. The molecule has 0 amide bonds. The molecule has 0 radical (unpaired) electrons. The van der Waals surface area contributed by atoms with Crippen LogP contribution in [0.15, 0.2) is 11.1 Å². The molecule has 0 fully saturated rings. The summed E-state index contributed by atoms with van der Waals surface area (Å²) < 4.78 is 0.287. The molecule has 64 valence electrons. The van der Waals surface area contributed by atoms with E-state index in [9.17, 15) is 4.79 Å². The van der Waals surface area contributed by atoms with E-state index in [1.165, 1.54) is 6.33 Å². The van der Waals surface area contributed by atoms with Crippen LogP contribution in [0, 0.1) is 4.77 Å². The van der Waals surface area contributed by atoms with E-state index in [1.54, 1.807) is 0 Å². The number of hydrogen-bond donors (Lipinski definition) is 3. The van der Waals surface area contributed by atoms with Gasteiger partial charge in [-0.3, -0.25) is 9.78 Å². The van der Waals surface area contributed by atoms with Gasteiger partial charge >= 0.3 is 0 Å². The summed E-state index contributed by atoms with van der Waals surface area (Å²) in [5.41, 5.74) is 0.651. The van der Waals surface area contributed by atoms with Crippen molar-refractivity contribution >= 4 is 23.4 Å². The lowest BCUT2D eigenvalue weighted by molar-refractivity contribution is 0.824. The number of hydrogen-bond acceptors (Lipinski definition) is 3. The molecule has 5 N–H and O–H groups in total. The highest BCUT2D eigenvalue weighted by Crippen LogP contribution is 1.95. The SMILES string of the molecule is O.O=c1[nH]c(=S)[nH]c2nc[nH]c12. The van der Waals surface area contributed by atoms with E-state index in [0.717, 1.165) is 0 Å². The van der Waals surface area contributed by atoms with Gasteiger partial charge in [-0.15, -0.1) is 0 Å². The van der Waals surface area contributed by atoms with Crippen molar-refractivity contribution in [3.05, 3.63) is 21.5 Å². The van der Waals surface area contributed by atoms with Crippen LogP contribution in [0.1, 0.15) is 0 Å². The average Bonchev–Trinajstić information content (AvgIpc) is 2.34. The van der Waals surface area contributed by atoms with Crippen molar-refractivity contribution in [3.8, 4) is 0 Å². The van der Waals surface area contributed by atoms with Crippen LogP contribution in [-0.2, 0) is 0 Å². The zero-order chi connectivity index (χ0) is 7.84. The molecule has 0 atom stereocenters. The van der Waals surface area contributed by atoms with Gasteiger partial charge in [0.15, 0.2) is 10.4 Å². The van der Waals surface area contributed by atoms with Crippen LogP contribution < -0.4 is 5.56 Å². The number of nitrogens with zero attached hydrogens (tertiary/aromatic N) is 1. The molecule has 7 heteroatoms. The molecule has 0 saturated carbocycles. The standard InChI is InChI=1S/C5H4N4OS.H2O/c10-4-2-3(7-1-6-2)8-5(11)9-4;/h1H,(H3,6,7,8,9,10,11);1H2. The van der Waals surface area contributed by atoms with Crippen molar-refractivity contribution in [2.75, 3.05) is 0 Å². The molecular weight excluding hydrogens is 180 g/mol. The third-order valence-corrected chi connectivity index (χ3v) is 1.53. The second-order valence-electron chi connectivity index (χ2n) is 2.03. The summed E-state index contributed by atoms with van der Waals surface area (Å²) in [6, 6.07) is 0. The second-order valence-corrected chi connectivity index (χ2v) is 2.44. The molecule has 2 aromatic heterocycles. The summed E-state index contributed by atoms with van der Waals surface area (Å²) in [4.78, 5) is 22.7. The third-order valence-electron chi connectivity index (χ3n) is 1.33. The van der Waals surface area contributed by atoms with Crippen LogP contribution in [0.25, 0.3) is 11.2 Å². The van der Waals surface area contributed by atoms with E-state index in [4.69, 9.17) is 12.2 Å². The predicted octanol–water partition coefficient (Wildman–Crippen LogP) is -0.516. The Labute approximate surface area is 71.0 Å². The van der Waals surface area contributed by atoms with E-state index in [1.807, 2.05) is 0 Å². The number of aromatic nitrogens is 4. The highest BCUT2D eigenvalue weighted by Gasteiger charge is 1.98. The molecule has 6 nitrogen and oxygen atoms in total. The maximum Gasteiger partial charge on any atom is 0.277 e. The average molecular weight is 186 g/mol. The van der Waals surface area contributed by atoms with Gasteiger partial charge in [-0.2, -0.15) is 0 Å². The zero-order valence-corrected chi connectivity index (χ0v) is 6.66. The summed E-state index contributed by atoms with van der Waals surface area (Å²) in [6.45, 7) is 0. The number of nitrogens with one attached hydrogen (secondary N) is 3. The predicted molar refractivity (Wildman–Crippen MR) is 45.5 cm³/mol. The van der Waals surface area contributed by atoms with Crippen LogP contribution in [0.5, 0.6) is 0 Å². The first-order valence-electron chi connectivity index (χ1n) is 2.93. The van der Waals surface area contributed by atoms with Crippen LogP contribution in [0.2, 0.25) is 0 Å². The lowest BCUT2D eigenvalue weighted by Gasteiger charge is -1.85. The minimum atomic E-state index is -0.249. The van der Waals surface area contributed by atoms with E-state index >= 15 is 0 Å². The number of H-pyrrole nitrogens is 3. The third kappa shape index (κ3) is 1.15. The zero-order valence-electron chi connectivity index (χ0n) is 5.84. The van der Waals surface area contributed by atoms with Gasteiger partial charge in [-0.25, -0.2) is 4.98 Å². The summed E-state index contributed by atoms with van der Waals surface area (Å²) in [6.07, 6.45) is 1.44. The molecule has 2 rings (SSSR count). The molecule has 0 spiro atoms. The molecule has 0 aliphatic heterocycles. The van der Waals surface area contributed by atoms with Gasteiger partial charge in [0.1, 0.15) is 5.52 Å². The van der Waals surface area contributed by atoms with Crippen LogP contribution in [0.3, 0.4) is 0 Å². The minimum absolute atomic E-state index is 0. The molecule has 0 saturated heterocycles. The molecule has 0 aliphatic rings. The van der Waals surface area contributed by atoms with E-state index in [2.05, 4.69) is 19.9 Å². The van der Waals surface area contributed by atoms with Crippen LogP contribution >= 0.6 is 12.2 Å². The Morgan fingerprint density at radius 3 is 2.92 bits per heavy atom. The summed E-state index contributed by atoms with van der Waals surface area (Å²) in [5.74, 6) is 0. The number of imidazole rings is 1. The van der Waals surface area contributed by atoms with Gasteiger partial charge in [0.05, 0.1) is 6.33 Å². The summed E-state index contributed by atoms with van der Waals surface area (Å²) >= 11 is 4.73. The Morgan fingerprint density at radius 1 is 1.42 bits per heavy atom. The maximum absolute atomic E-state index is 11.0. The monoisotopic (exact) mass is 186 g/mol. The minimum Gasteiger partial charge on any atom is -0.412 e. The summed E-state index contributed by atoms with van der Waals surface area (Å²) in [5, 5.41) is 0. The molecular formula is C5H6N4O2S. The normalized spacial score (nSPS) is 9.67. The molecule has 2 aromatic rings. The largest absolute Gasteiger partial charge is 0.412 e. The lowest BCUT2D eigenvalue weighted by Crippen LogP contribution is -2.07. The van der Waals surface area contributed by atoms with Gasteiger partial charge in [-0.1, -0.05) is 0 Å². The fraction of sp³-hybridized carbons (Fsp3) is 0. The quantitative estimate of drug-likeness (QED) is 0.482. The van der Waals surface area contributed by atoms with E-state index < -0.39 is 0 Å². The second kappa shape index (κ2) is 2.88. The molecule has 0 aliphatic carbocycles. The lowest BCUT2D eigenvalue weighted by atomic mass is 10.6. The highest BCUT2D eigenvalue weighted by atomic mass is 32.1. The van der Waals surface area contributed by atoms with E-state index in [0.29, 0.717) is 11.2 Å². The van der Waals surface area contributed by atoms with Crippen molar-refractivity contribution < 1.29 is 5.48 Å². The fourth-order valence-electron chi connectivity index (χ4n) is 0.867. The Morgan fingerprint density at radius 2 is 2.17 bits per heavy atom. The number of fused-ring (bicyclic) bond motifs is 1. The molecule has 2 heterocycles. The van der Waals surface area contributed by atoms with Crippen molar-refractivity contribution in [1.29, 1.82) is 0 Å². The van der Waals surface area contributed by atoms with Crippen LogP contribution in [-0.4, -0.2) is 25.4 Å². The van der Waals surface area contributed by atoms with Crippen molar-refractivity contribution in [2.24, 2.45) is 0 Å². The first-order chi connectivity index (χ1) is 5.27. The first kappa shape index (κ1) is 8.62. The van der Waals surface area contributed by atoms with Crippen molar-refractivity contribution in [3.63, 3.8) is 0 Å². The van der Waals surface area contributed by atoms with E-state index in [-0.39, 0.29) is 15.8 Å². The highest BCUT2D eigenvalue weighted by molar-refractivity contribution is 7.71. The Bertz CT molecular complexity index is 496. The van der Waals surface area contributed by atoms with Crippen molar-refractivity contribution in [1.82, 2.24) is 19.9 Å². The van der Waals surface area contributed by atoms with Gasteiger partial charge < -0.3 is 15.4 Å². The molecule has 12 heavy (non-hydrogen) atoms. The van der Waals surface area contributed by atoms with Gasteiger partial charge in [0.25, 0.3) is 5.56 Å². The Balaban J connectivity index is 0.000000720. The van der Waals surface area contributed by atoms with Gasteiger partial charge in [0, 0.05) is 0 Å².